The molecular formula is C21H33ClN4O2S. The molecular weight excluding hydrogens is 408 g/mol. The largest absolute Gasteiger partial charge is 0.343 e. The van der Waals surface area contributed by atoms with Crippen molar-refractivity contribution >= 4 is 40.0 Å². The lowest BCUT2D eigenvalue weighted by atomic mass is 9.91. The Bertz CT molecular complexity index is 669. The van der Waals surface area contributed by atoms with E-state index in [9.17, 15) is 9.59 Å². The summed E-state index contributed by atoms with van der Waals surface area (Å²) >= 11 is 7.25. The van der Waals surface area contributed by atoms with Crippen LogP contribution in [0.5, 0.6) is 0 Å². The Morgan fingerprint density at radius 2 is 1.86 bits per heavy atom. The molecule has 29 heavy (non-hydrogen) atoms. The van der Waals surface area contributed by atoms with Gasteiger partial charge < -0.3 is 9.80 Å². The Hall–Kier alpha value is -1.34. The van der Waals surface area contributed by atoms with Crippen LogP contribution in [0.1, 0.15) is 77.6 Å². The van der Waals surface area contributed by atoms with Gasteiger partial charge in [-0.05, 0) is 32.1 Å². The van der Waals surface area contributed by atoms with E-state index in [2.05, 4.69) is 22.1 Å². The Balaban J connectivity index is 1.60. The smallest absolute Gasteiger partial charge is 0.324 e. The monoisotopic (exact) mass is 440 g/mol. The van der Waals surface area contributed by atoms with Crippen LogP contribution in [0.25, 0.3) is 0 Å². The van der Waals surface area contributed by atoms with Gasteiger partial charge >= 0.3 is 6.03 Å². The number of halogens is 1. The number of piperidine rings is 1. The number of carbonyl (C=O) groups excluding carboxylic acids is 2. The maximum atomic E-state index is 13.2. The molecule has 0 radical (unpaired) electrons. The van der Waals surface area contributed by atoms with Gasteiger partial charge in [-0.1, -0.05) is 62.0 Å². The van der Waals surface area contributed by atoms with Crippen LogP contribution in [0.15, 0.2) is 6.20 Å². The number of thiazole rings is 1. The number of aromatic nitrogens is 1. The third kappa shape index (κ3) is 6.32. The molecule has 8 heteroatoms. The quantitative estimate of drug-likeness (QED) is 0.566. The highest BCUT2D eigenvalue weighted by atomic mass is 35.5. The van der Waals surface area contributed by atoms with Gasteiger partial charge in [0.1, 0.15) is 4.34 Å². The first-order valence-corrected chi connectivity index (χ1v) is 12.3. The van der Waals surface area contributed by atoms with Crippen molar-refractivity contribution in [3.05, 3.63) is 10.5 Å². The molecule has 0 unspecified atom stereocenters. The molecule has 1 saturated carbocycles. The lowest BCUT2D eigenvalue weighted by Gasteiger charge is -2.43. The lowest BCUT2D eigenvalue weighted by molar-refractivity contribution is -0.132. The predicted octanol–water partition coefficient (Wildman–Crippen LogP) is 5.53. The molecule has 1 N–H and O–H groups in total. The molecule has 1 aromatic heterocycles. The minimum absolute atomic E-state index is 0.0735. The van der Waals surface area contributed by atoms with Crippen LogP contribution in [0, 0.1) is 0 Å². The summed E-state index contributed by atoms with van der Waals surface area (Å²) in [6.45, 7) is 3.64. The second-order valence-corrected chi connectivity index (χ2v) is 9.83. The van der Waals surface area contributed by atoms with Crippen LogP contribution >= 0.6 is 22.9 Å². The number of urea groups is 1. The molecule has 3 amide bonds. The number of unbranched alkanes of at least 4 members (excludes halogenated alkanes) is 2. The van der Waals surface area contributed by atoms with Crippen molar-refractivity contribution in [1.82, 2.24) is 14.8 Å². The van der Waals surface area contributed by atoms with Crippen molar-refractivity contribution in [1.29, 1.82) is 0 Å². The number of nitrogens with zero attached hydrogens (tertiary/aromatic N) is 3. The topological polar surface area (TPSA) is 65.5 Å². The fourth-order valence-corrected chi connectivity index (χ4v) is 5.34. The fraction of sp³-hybridized carbons (Fsp3) is 0.762. The van der Waals surface area contributed by atoms with Gasteiger partial charge in [-0.3, -0.25) is 10.1 Å². The van der Waals surface area contributed by atoms with Gasteiger partial charge in [-0.15, -0.1) is 0 Å². The van der Waals surface area contributed by atoms with E-state index in [0.717, 1.165) is 58.0 Å². The second-order valence-electron chi connectivity index (χ2n) is 8.17. The Kier molecular flexibility index (Phi) is 8.60. The van der Waals surface area contributed by atoms with E-state index in [0.29, 0.717) is 15.9 Å². The summed E-state index contributed by atoms with van der Waals surface area (Å²) in [4.78, 5) is 33.8. The molecule has 1 saturated heterocycles. The summed E-state index contributed by atoms with van der Waals surface area (Å²) < 4.78 is 0.569. The first kappa shape index (κ1) is 22.3. The van der Waals surface area contributed by atoms with Crippen LogP contribution in [0.3, 0.4) is 0 Å². The zero-order chi connectivity index (χ0) is 20.6. The van der Waals surface area contributed by atoms with Crippen LogP contribution in [-0.4, -0.2) is 51.9 Å². The molecule has 2 aliphatic rings. The molecule has 3 rings (SSSR count). The normalized spacial score (nSPS) is 18.6. The van der Waals surface area contributed by atoms with Crippen LogP contribution in [-0.2, 0) is 4.79 Å². The van der Waals surface area contributed by atoms with Crippen molar-refractivity contribution in [2.45, 2.75) is 89.6 Å². The molecule has 1 aliphatic heterocycles. The molecule has 0 aromatic carbocycles. The molecule has 1 aliphatic carbocycles. The Morgan fingerprint density at radius 3 is 2.48 bits per heavy atom. The molecule has 2 heterocycles. The average molecular weight is 441 g/mol. The van der Waals surface area contributed by atoms with Gasteiger partial charge in [0.05, 0.1) is 6.20 Å². The second kappa shape index (κ2) is 11.2. The molecule has 0 spiro atoms. The molecule has 0 atom stereocenters. The summed E-state index contributed by atoms with van der Waals surface area (Å²) in [6.07, 6.45) is 12.8. The number of hydrogen-bond acceptors (Lipinski definition) is 4. The van der Waals surface area contributed by atoms with Crippen molar-refractivity contribution in [2.24, 2.45) is 0 Å². The van der Waals surface area contributed by atoms with E-state index < -0.39 is 0 Å². The summed E-state index contributed by atoms with van der Waals surface area (Å²) in [5.74, 6) is 0.267. The minimum Gasteiger partial charge on any atom is -0.343 e. The van der Waals surface area contributed by atoms with E-state index in [-0.39, 0.29) is 24.0 Å². The molecule has 2 fully saturated rings. The van der Waals surface area contributed by atoms with Gasteiger partial charge in [0.2, 0.25) is 5.91 Å². The Labute approximate surface area is 183 Å². The fourth-order valence-electron chi connectivity index (χ4n) is 4.54. The Morgan fingerprint density at radius 1 is 1.17 bits per heavy atom. The van der Waals surface area contributed by atoms with Crippen molar-refractivity contribution in [3.63, 3.8) is 0 Å². The third-order valence-electron chi connectivity index (χ3n) is 6.10. The number of rotatable bonds is 7. The number of likely N-dealkylation sites (tertiary alicyclic amines) is 1. The highest BCUT2D eigenvalue weighted by molar-refractivity contribution is 7.19. The summed E-state index contributed by atoms with van der Waals surface area (Å²) in [5, 5.41) is 3.50. The highest BCUT2D eigenvalue weighted by Crippen LogP contribution is 2.30. The third-order valence-corrected chi connectivity index (χ3v) is 7.13. The summed E-state index contributed by atoms with van der Waals surface area (Å²) in [5.41, 5.74) is 0. The van der Waals surface area contributed by atoms with Crippen LogP contribution in [0.2, 0.25) is 4.34 Å². The number of anilines is 1. The average Bonchev–Trinajstić information content (AvgIpc) is 3.14. The number of nitrogens with one attached hydrogen (secondary N) is 1. The predicted molar refractivity (Wildman–Crippen MR) is 119 cm³/mol. The zero-order valence-corrected chi connectivity index (χ0v) is 18.9. The number of amides is 3. The van der Waals surface area contributed by atoms with Gasteiger partial charge in [-0.2, -0.15) is 0 Å². The molecule has 0 bridgehead atoms. The van der Waals surface area contributed by atoms with Crippen molar-refractivity contribution in [2.75, 3.05) is 18.4 Å². The highest BCUT2D eigenvalue weighted by Gasteiger charge is 2.35. The molecule has 6 nitrogen and oxygen atoms in total. The maximum Gasteiger partial charge on any atom is 0.324 e. The van der Waals surface area contributed by atoms with Crippen molar-refractivity contribution in [3.8, 4) is 0 Å². The lowest BCUT2D eigenvalue weighted by Crippen LogP contribution is -2.54. The van der Waals surface area contributed by atoms with E-state index in [1.807, 2.05) is 4.90 Å². The zero-order valence-electron chi connectivity index (χ0n) is 17.4. The summed E-state index contributed by atoms with van der Waals surface area (Å²) in [7, 11) is 0. The van der Waals surface area contributed by atoms with E-state index in [1.54, 1.807) is 6.20 Å². The standard InChI is InChI=1S/C21H33ClN4O2S/c1-2-3-5-10-19(27)25-13-11-17(12-14-25)26(16-8-6-4-7-9-16)21(28)24-20-23-15-18(22)29-20/h15-17H,2-14H2,1H3,(H,23,24,28). The number of hydrogen-bond donors (Lipinski definition) is 1. The van der Waals surface area contributed by atoms with Gasteiger partial charge in [0, 0.05) is 31.6 Å². The SMILES string of the molecule is CCCCCC(=O)N1CCC(N(C(=O)Nc2ncc(Cl)s2)C2CCCCC2)CC1. The summed E-state index contributed by atoms with van der Waals surface area (Å²) in [6, 6.07) is 0.375. The van der Waals surface area contributed by atoms with Crippen LogP contribution in [0.4, 0.5) is 9.93 Å². The van der Waals surface area contributed by atoms with Crippen LogP contribution < -0.4 is 5.32 Å². The minimum atomic E-state index is -0.0735. The first-order chi connectivity index (χ1) is 14.1. The molecule has 1 aromatic rings. The van der Waals surface area contributed by atoms with Gasteiger partial charge in [0.25, 0.3) is 0 Å². The van der Waals surface area contributed by atoms with Crippen molar-refractivity contribution < 1.29 is 9.59 Å². The van der Waals surface area contributed by atoms with E-state index in [1.165, 1.54) is 30.6 Å². The number of carbonyl (C=O) groups is 2. The molecule has 162 valence electrons. The van der Waals surface area contributed by atoms with Gasteiger partial charge in [0.15, 0.2) is 5.13 Å². The van der Waals surface area contributed by atoms with E-state index >= 15 is 0 Å². The van der Waals surface area contributed by atoms with E-state index in [4.69, 9.17) is 11.6 Å². The van der Waals surface area contributed by atoms with Gasteiger partial charge in [-0.25, -0.2) is 9.78 Å². The maximum absolute atomic E-state index is 13.2. The first-order valence-electron chi connectivity index (χ1n) is 11.1.